The topological polar surface area (TPSA) is 26.7 Å². The monoisotopic (exact) mass is 218 g/mol. The van der Waals surface area contributed by atoms with E-state index in [2.05, 4.69) is 32.8 Å². The lowest BCUT2D eigenvalue weighted by Gasteiger charge is -2.13. The van der Waals surface area contributed by atoms with Crippen molar-refractivity contribution in [2.45, 2.75) is 33.3 Å². The van der Waals surface area contributed by atoms with Gasteiger partial charge in [0.2, 0.25) is 0 Å². The van der Waals surface area contributed by atoms with Crippen LogP contribution in [0.1, 0.15) is 27.2 Å². The average molecular weight is 218 g/mol. The Morgan fingerprint density at radius 3 is 1.40 bits per heavy atom. The summed E-state index contributed by atoms with van der Waals surface area (Å²) < 4.78 is 0. The third-order valence-corrected chi connectivity index (χ3v) is 2.00. The van der Waals surface area contributed by atoms with Crippen molar-refractivity contribution in [3.05, 3.63) is 0 Å². The van der Waals surface area contributed by atoms with Gasteiger partial charge in [-0.25, -0.2) is 0 Å². The van der Waals surface area contributed by atoms with Gasteiger partial charge >= 0.3 is 0 Å². The van der Waals surface area contributed by atoms with Gasteiger partial charge in [0.05, 0.1) is 6.10 Å². The minimum absolute atomic E-state index is 0.199. The lowest BCUT2D eigenvalue weighted by atomic mass is 10.1. The van der Waals surface area contributed by atoms with Crippen molar-refractivity contribution in [3.8, 4) is 0 Å². The van der Waals surface area contributed by atoms with Crippen molar-refractivity contribution in [2.24, 2.45) is 5.92 Å². The number of likely N-dealkylation sites (N-methyl/N-ethyl adjacent to an activating group) is 1. The Labute approximate surface area is 96.1 Å². The molecule has 3 heteroatoms. The van der Waals surface area contributed by atoms with Gasteiger partial charge in [-0.15, -0.1) is 0 Å². The molecule has 0 bridgehead atoms. The molecule has 0 saturated carbocycles. The fraction of sp³-hybridized carbons (Fsp3) is 1.00. The first-order valence-electron chi connectivity index (χ1n) is 5.77. The Morgan fingerprint density at radius 2 is 1.33 bits per heavy atom. The fourth-order valence-electron chi connectivity index (χ4n) is 1.28. The van der Waals surface area contributed by atoms with Crippen LogP contribution in [-0.4, -0.2) is 62.3 Å². The third kappa shape index (κ3) is 20.1. The van der Waals surface area contributed by atoms with E-state index in [-0.39, 0.29) is 6.10 Å². The van der Waals surface area contributed by atoms with Gasteiger partial charge in [0.25, 0.3) is 0 Å². The van der Waals surface area contributed by atoms with Crippen LogP contribution >= 0.6 is 0 Å². The molecule has 0 aromatic rings. The third-order valence-electron chi connectivity index (χ3n) is 2.00. The van der Waals surface area contributed by atoms with Gasteiger partial charge in [0.15, 0.2) is 0 Å². The zero-order valence-electron chi connectivity index (χ0n) is 11.6. The van der Waals surface area contributed by atoms with Gasteiger partial charge in [-0.2, -0.15) is 0 Å². The first-order valence-corrected chi connectivity index (χ1v) is 5.77. The van der Waals surface area contributed by atoms with E-state index in [0.29, 0.717) is 0 Å². The molecule has 0 aromatic heterocycles. The molecule has 0 aliphatic carbocycles. The second-order valence-corrected chi connectivity index (χ2v) is 4.89. The van der Waals surface area contributed by atoms with Crippen LogP contribution in [-0.2, 0) is 0 Å². The van der Waals surface area contributed by atoms with Crippen molar-refractivity contribution < 1.29 is 5.11 Å². The van der Waals surface area contributed by atoms with Crippen LogP contribution in [0.3, 0.4) is 0 Å². The van der Waals surface area contributed by atoms with Crippen molar-refractivity contribution in [3.63, 3.8) is 0 Å². The van der Waals surface area contributed by atoms with E-state index in [1.807, 2.05) is 19.0 Å². The van der Waals surface area contributed by atoms with E-state index in [0.717, 1.165) is 12.5 Å². The summed E-state index contributed by atoms with van der Waals surface area (Å²) in [4.78, 5) is 4.18. The molecule has 1 N–H and O–H groups in total. The van der Waals surface area contributed by atoms with Crippen LogP contribution in [0.2, 0.25) is 0 Å². The first-order chi connectivity index (χ1) is 6.79. The molecule has 0 aliphatic heterocycles. The number of hydrogen-bond donors (Lipinski definition) is 1. The maximum absolute atomic E-state index is 8.68. The molecular formula is C12H30N2O. The molecule has 2 unspecified atom stereocenters. The lowest BCUT2D eigenvalue weighted by Crippen LogP contribution is -2.22. The zero-order valence-corrected chi connectivity index (χ0v) is 11.6. The Morgan fingerprint density at radius 1 is 0.933 bits per heavy atom. The summed E-state index contributed by atoms with van der Waals surface area (Å²) in [7, 11) is 8.11. The predicted octanol–water partition coefficient (Wildman–Crippen LogP) is 1.52. The largest absolute Gasteiger partial charge is 0.392 e. The SMILES string of the molecule is CC(O)CN(C)C.CCC(C)CN(C)C. The quantitative estimate of drug-likeness (QED) is 0.758. The van der Waals surface area contributed by atoms with E-state index in [1.165, 1.54) is 13.0 Å². The molecule has 0 rings (SSSR count). The summed E-state index contributed by atoms with van der Waals surface area (Å²) in [5.41, 5.74) is 0. The molecule has 0 saturated heterocycles. The van der Waals surface area contributed by atoms with Crippen LogP contribution in [0.15, 0.2) is 0 Å². The maximum atomic E-state index is 8.68. The number of hydrogen-bond acceptors (Lipinski definition) is 3. The number of aliphatic hydroxyl groups is 1. The summed E-state index contributed by atoms with van der Waals surface area (Å²) >= 11 is 0. The molecule has 3 nitrogen and oxygen atoms in total. The molecule has 94 valence electrons. The van der Waals surface area contributed by atoms with Crippen LogP contribution in [0, 0.1) is 5.92 Å². The van der Waals surface area contributed by atoms with E-state index in [4.69, 9.17) is 5.11 Å². The van der Waals surface area contributed by atoms with Gasteiger partial charge in [-0.05, 0) is 41.0 Å². The van der Waals surface area contributed by atoms with Crippen molar-refractivity contribution >= 4 is 0 Å². The Kier molecular flexibility index (Phi) is 12.0. The van der Waals surface area contributed by atoms with E-state index >= 15 is 0 Å². The Bertz CT molecular complexity index is 119. The lowest BCUT2D eigenvalue weighted by molar-refractivity contribution is 0.154. The molecule has 0 spiro atoms. The molecule has 0 aliphatic rings. The predicted molar refractivity (Wildman–Crippen MR) is 68.2 cm³/mol. The van der Waals surface area contributed by atoms with Crippen LogP contribution in [0.25, 0.3) is 0 Å². The summed E-state index contributed by atoms with van der Waals surface area (Å²) in [6.07, 6.45) is 1.09. The highest BCUT2D eigenvalue weighted by molar-refractivity contribution is 4.51. The smallest absolute Gasteiger partial charge is 0.0638 e. The molecule has 0 aromatic carbocycles. The van der Waals surface area contributed by atoms with Crippen molar-refractivity contribution in [1.82, 2.24) is 9.80 Å². The van der Waals surface area contributed by atoms with E-state index in [9.17, 15) is 0 Å². The van der Waals surface area contributed by atoms with Gasteiger partial charge in [-0.1, -0.05) is 20.3 Å². The molecule has 0 fully saturated rings. The van der Waals surface area contributed by atoms with Gasteiger partial charge < -0.3 is 14.9 Å². The molecule has 0 amide bonds. The zero-order chi connectivity index (χ0) is 12.4. The van der Waals surface area contributed by atoms with Crippen LogP contribution < -0.4 is 0 Å². The minimum atomic E-state index is -0.199. The fourth-order valence-corrected chi connectivity index (χ4v) is 1.28. The Hall–Kier alpha value is -0.120. The molecule has 0 radical (unpaired) electrons. The standard InChI is InChI=1S/C7H17N.C5H13NO/c1-5-7(2)6-8(3)4;1-5(7)4-6(2)3/h7H,5-6H2,1-4H3;5,7H,4H2,1-3H3. The summed E-state index contributed by atoms with van der Waals surface area (Å²) in [6, 6.07) is 0. The van der Waals surface area contributed by atoms with E-state index in [1.54, 1.807) is 6.92 Å². The average Bonchev–Trinajstić information content (AvgIpc) is 2.01. The number of rotatable bonds is 5. The molecular weight excluding hydrogens is 188 g/mol. The summed E-state index contributed by atoms with van der Waals surface area (Å²) in [6.45, 7) is 8.25. The number of nitrogens with zero attached hydrogens (tertiary/aromatic N) is 2. The highest BCUT2D eigenvalue weighted by Gasteiger charge is 1.97. The number of aliphatic hydroxyl groups excluding tert-OH is 1. The van der Waals surface area contributed by atoms with Gasteiger partial charge in [-0.3, -0.25) is 0 Å². The molecule has 15 heavy (non-hydrogen) atoms. The minimum Gasteiger partial charge on any atom is -0.392 e. The Balaban J connectivity index is 0. The normalized spacial score (nSPS) is 14.8. The van der Waals surface area contributed by atoms with Gasteiger partial charge in [0.1, 0.15) is 0 Å². The summed E-state index contributed by atoms with van der Waals surface area (Å²) in [5, 5.41) is 8.68. The van der Waals surface area contributed by atoms with E-state index < -0.39 is 0 Å². The summed E-state index contributed by atoms with van der Waals surface area (Å²) in [5.74, 6) is 0.852. The molecule has 2 atom stereocenters. The van der Waals surface area contributed by atoms with Crippen molar-refractivity contribution in [1.29, 1.82) is 0 Å². The first kappa shape index (κ1) is 17.3. The maximum Gasteiger partial charge on any atom is 0.0638 e. The van der Waals surface area contributed by atoms with Crippen LogP contribution in [0.5, 0.6) is 0 Å². The second-order valence-electron chi connectivity index (χ2n) is 4.89. The highest BCUT2D eigenvalue weighted by atomic mass is 16.3. The second kappa shape index (κ2) is 10.4. The molecule has 0 heterocycles. The van der Waals surface area contributed by atoms with Crippen LogP contribution in [0.4, 0.5) is 0 Å². The van der Waals surface area contributed by atoms with Crippen molar-refractivity contribution in [2.75, 3.05) is 41.3 Å². The van der Waals surface area contributed by atoms with Gasteiger partial charge in [0, 0.05) is 13.1 Å². The highest BCUT2D eigenvalue weighted by Crippen LogP contribution is 1.99.